The molecule has 68 valence electrons. The summed E-state index contributed by atoms with van der Waals surface area (Å²) in [5.74, 6) is 0. The second-order valence-corrected chi connectivity index (χ2v) is 3.17. The number of hydrogen-bond donors (Lipinski definition) is 3. The lowest BCUT2D eigenvalue weighted by molar-refractivity contribution is 1.09. The zero-order chi connectivity index (χ0) is 9.42. The Morgan fingerprint density at radius 3 is 2.62 bits per heavy atom. The second-order valence-electron chi connectivity index (χ2n) is 3.17. The number of aromatic amines is 2. The summed E-state index contributed by atoms with van der Waals surface area (Å²) in [5.41, 5.74) is 10.7. The fourth-order valence-electron chi connectivity index (χ4n) is 1.54. The van der Waals surface area contributed by atoms with E-state index in [1.165, 1.54) is 5.56 Å². The summed E-state index contributed by atoms with van der Waals surface area (Å²) in [5, 5.41) is 6.79. The zero-order valence-electron chi connectivity index (χ0n) is 7.68. The first-order valence-electron chi connectivity index (χ1n) is 4.14. The summed E-state index contributed by atoms with van der Waals surface area (Å²) < 4.78 is 0. The molecule has 0 fully saturated rings. The molecular weight excluding hydrogens is 164 g/mol. The SMILES string of the molecule is Cc1c[nH]c(C)c1-c1[nH]ncc1N. The summed E-state index contributed by atoms with van der Waals surface area (Å²) in [6.45, 7) is 4.06. The molecule has 2 aromatic heterocycles. The minimum atomic E-state index is 0.686. The maximum absolute atomic E-state index is 5.76. The molecule has 13 heavy (non-hydrogen) atoms. The lowest BCUT2D eigenvalue weighted by Gasteiger charge is -1.99. The average Bonchev–Trinajstić information content (AvgIpc) is 2.60. The fourth-order valence-corrected chi connectivity index (χ4v) is 1.54. The van der Waals surface area contributed by atoms with Crippen LogP contribution in [0, 0.1) is 13.8 Å². The summed E-state index contributed by atoms with van der Waals surface area (Å²) in [6, 6.07) is 0. The number of aromatic nitrogens is 3. The molecule has 4 heteroatoms. The number of nitrogens with two attached hydrogens (primary N) is 1. The van der Waals surface area contributed by atoms with Crippen molar-refractivity contribution in [1.82, 2.24) is 15.2 Å². The van der Waals surface area contributed by atoms with Gasteiger partial charge in [0.15, 0.2) is 0 Å². The Morgan fingerprint density at radius 1 is 1.38 bits per heavy atom. The van der Waals surface area contributed by atoms with Crippen LogP contribution in [0.4, 0.5) is 5.69 Å². The molecule has 0 atom stereocenters. The van der Waals surface area contributed by atoms with E-state index in [1.54, 1.807) is 6.20 Å². The lowest BCUT2D eigenvalue weighted by Crippen LogP contribution is -1.88. The van der Waals surface area contributed by atoms with E-state index in [0.29, 0.717) is 5.69 Å². The van der Waals surface area contributed by atoms with Gasteiger partial charge in [0.05, 0.1) is 17.6 Å². The highest BCUT2D eigenvalue weighted by Gasteiger charge is 2.11. The van der Waals surface area contributed by atoms with E-state index in [0.717, 1.165) is 17.0 Å². The van der Waals surface area contributed by atoms with Crippen molar-refractivity contribution < 1.29 is 0 Å². The summed E-state index contributed by atoms with van der Waals surface area (Å²) in [7, 11) is 0. The molecule has 4 N–H and O–H groups in total. The largest absolute Gasteiger partial charge is 0.396 e. The highest BCUT2D eigenvalue weighted by atomic mass is 15.1. The van der Waals surface area contributed by atoms with Crippen molar-refractivity contribution in [2.75, 3.05) is 5.73 Å². The maximum Gasteiger partial charge on any atom is 0.0900 e. The normalized spacial score (nSPS) is 10.6. The summed E-state index contributed by atoms with van der Waals surface area (Å²) in [6.07, 6.45) is 3.59. The molecule has 0 amide bonds. The van der Waals surface area contributed by atoms with Crippen LogP contribution in [0.15, 0.2) is 12.4 Å². The Labute approximate surface area is 76.2 Å². The van der Waals surface area contributed by atoms with Crippen LogP contribution in [0.3, 0.4) is 0 Å². The van der Waals surface area contributed by atoms with Crippen molar-refractivity contribution in [1.29, 1.82) is 0 Å². The van der Waals surface area contributed by atoms with Crippen molar-refractivity contribution in [3.63, 3.8) is 0 Å². The van der Waals surface area contributed by atoms with Gasteiger partial charge >= 0.3 is 0 Å². The number of nitrogens with one attached hydrogen (secondary N) is 2. The number of aryl methyl sites for hydroxylation is 2. The van der Waals surface area contributed by atoms with Crippen molar-refractivity contribution in [2.45, 2.75) is 13.8 Å². The van der Waals surface area contributed by atoms with E-state index >= 15 is 0 Å². The van der Waals surface area contributed by atoms with E-state index < -0.39 is 0 Å². The van der Waals surface area contributed by atoms with Gasteiger partial charge in [-0.2, -0.15) is 5.10 Å². The van der Waals surface area contributed by atoms with Crippen molar-refractivity contribution >= 4 is 5.69 Å². The van der Waals surface area contributed by atoms with Gasteiger partial charge in [0.25, 0.3) is 0 Å². The Hall–Kier alpha value is -1.71. The molecule has 0 bridgehead atoms. The highest BCUT2D eigenvalue weighted by Crippen LogP contribution is 2.28. The van der Waals surface area contributed by atoms with Crippen LogP contribution in [0.1, 0.15) is 11.3 Å². The minimum Gasteiger partial charge on any atom is -0.396 e. The third-order valence-electron chi connectivity index (χ3n) is 2.19. The molecular formula is C9H12N4. The molecule has 2 aromatic rings. The molecule has 0 aliphatic rings. The van der Waals surface area contributed by atoms with Gasteiger partial charge in [0.2, 0.25) is 0 Å². The predicted molar refractivity (Wildman–Crippen MR) is 52.3 cm³/mol. The van der Waals surface area contributed by atoms with Crippen LogP contribution in [0.25, 0.3) is 11.3 Å². The minimum absolute atomic E-state index is 0.686. The Balaban J connectivity index is 2.64. The Morgan fingerprint density at radius 2 is 2.15 bits per heavy atom. The third-order valence-corrected chi connectivity index (χ3v) is 2.19. The Bertz CT molecular complexity index is 405. The molecule has 2 rings (SSSR count). The quantitative estimate of drug-likeness (QED) is 0.617. The third kappa shape index (κ3) is 1.11. The number of rotatable bonds is 1. The smallest absolute Gasteiger partial charge is 0.0900 e. The van der Waals surface area contributed by atoms with Crippen LogP contribution in [-0.4, -0.2) is 15.2 Å². The topological polar surface area (TPSA) is 70.5 Å². The monoisotopic (exact) mass is 176 g/mol. The standard InChI is InChI=1S/C9H12N4/c1-5-3-11-6(2)8(5)9-7(10)4-12-13-9/h3-4,11H,10H2,1-2H3,(H,12,13). The van der Waals surface area contributed by atoms with Gasteiger partial charge in [-0.05, 0) is 19.4 Å². The van der Waals surface area contributed by atoms with Gasteiger partial charge in [-0.1, -0.05) is 0 Å². The van der Waals surface area contributed by atoms with E-state index in [2.05, 4.69) is 15.2 Å². The second kappa shape index (κ2) is 2.65. The van der Waals surface area contributed by atoms with Crippen molar-refractivity contribution in [2.24, 2.45) is 0 Å². The van der Waals surface area contributed by atoms with Crippen LogP contribution >= 0.6 is 0 Å². The first kappa shape index (κ1) is 7.91. The van der Waals surface area contributed by atoms with Gasteiger partial charge in [-0.25, -0.2) is 0 Å². The van der Waals surface area contributed by atoms with Crippen LogP contribution in [0.5, 0.6) is 0 Å². The van der Waals surface area contributed by atoms with Gasteiger partial charge in [0, 0.05) is 17.5 Å². The van der Waals surface area contributed by atoms with E-state index in [4.69, 9.17) is 5.73 Å². The van der Waals surface area contributed by atoms with Crippen LogP contribution in [0.2, 0.25) is 0 Å². The highest BCUT2D eigenvalue weighted by molar-refractivity contribution is 5.76. The lowest BCUT2D eigenvalue weighted by atomic mass is 10.1. The molecule has 0 radical (unpaired) electrons. The van der Waals surface area contributed by atoms with Gasteiger partial charge in [-0.15, -0.1) is 0 Å². The van der Waals surface area contributed by atoms with E-state index in [-0.39, 0.29) is 0 Å². The number of hydrogen-bond acceptors (Lipinski definition) is 2. The first-order valence-corrected chi connectivity index (χ1v) is 4.14. The molecule has 0 aliphatic heterocycles. The average molecular weight is 176 g/mol. The predicted octanol–water partition coefficient (Wildman–Crippen LogP) is 1.60. The molecule has 0 saturated heterocycles. The molecule has 0 spiro atoms. The van der Waals surface area contributed by atoms with Crippen LogP contribution in [-0.2, 0) is 0 Å². The number of H-pyrrole nitrogens is 2. The first-order chi connectivity index (χ1) is 6.20. The molecule has 0 unspecified atom stereocenters. The molecule has 0 aliphatic carbocycles. The summed E-state index contributed by atoms with van der Waals surface area (Å²) in [4.78, 5) is 3.15. The van der Waals surface area contributed by atoms with Gasteiger partial charge in [-0.3, -0.25) is 5.10 Å². The molecule has 4 nitrogen and oxygen atoms in total. The number of nitrogen functional groups attached to an aromatic ring is 1. The van der Waals surface area contributed by atoms with Crippen LogP contribution < -0.4 is 5.73 Å². The van der Waals surface area contributed by atoms with Crippen molar-refractivity contribution in [3.05, 3.63) is 23.7 Å². The summed E-state index contributed by atoms with van der Waals surface area (Å²) >= 11 is 0. The number of nitrogens with zero attached hydrogens (tertiary/aromatic N) is 1. The van der Waals surface area contributed by atoms with Crippen molar-refractivity contribution in [3.8, 4) is 11.3 Å². The number of anilines is 1. The Kier molecular flexibility index (Phi) is 1.62. The van der Waals surface area contributed by atoms with E-state index in [1.807, 2.05) is 20.0 Å². The fraction of sp³-hybridized carbons (Fsp3) is 0.222. The maximum atomic E-state index is 5.76. The molecule has 2 heterocycles. The molecule has 0 aromatic carbocycles. The zero-order valence-corrected chi connectivity index (χ0v) is 7.68. The van der Waals surface area contributed by atoms with E-state index in [9.17, 15) is 0 Å². The molecule has 0 saturated carbocycles. The van der Waals surface area contributed by atoms with Gasteiger partial charge in [0.1, 0.15) is 0 Å². The van der Waals surface area contributed by atoms with Gasteiger partial charge < -0.3 is 10.7 Å².